The molecule has 4 heteroatoms. The number of nitrogens with one attached hydrogen (secondary N) is 1. The van der Waals surface area contributed by atoms with Crippen molar-refractivity contribution in [2.45, 2.75) is 0 Å². The summed E-state index contributed by atoms with van der Waals surface area (Å²) in [6.45, 7) is 0. The summed E-state index contributed by atoms with van der Waals surface area (Å²) in [7, 11) is 0. The zero-order valence-corrected chi connectivity index (χ0v) is 12.4. The molecule has 0 aliphatic rings. The lowest BCUT2D eigenvalue weighted by molar-refractivity contribution is 1.35. The molecule has 0 saturated carbocycles. The Morgan fingerprint density at radius 3 is 2.63 bits per heavy atom. The second kappa shape index (κ2) is 7.12. The van der Waals surface area contributed by atoms with Crippen molar-refractivity contribution < 1.29 is 0 Å². The lowest BCUT2D eigenvalue weighted by atomic mass is 10.2. The molecule has 0 heterocycles. The predicted octanol–water partition coefficient (Wildman–Crippen LogP) is 5.17. The molecule has 0 aliphatic heterocycles. The van der Waals surface area contributed by atoms with Gasteiger partial charge in [-0.25, -0.2) is 0 Å². The molecule has 0 saturated heterocycles. The van der Waals surface area contributed by atoms with Crippen LogP contribution in [0.15, 0.2) is 64.2 Å². The third-order valence-electron chi connectivity index (χ3n) is 2.31. The van der Waals surface area contributed by atoms with Gasteiger partial charge in [-0.3, -0.25) is 5.43 Å². The first-order chi connectivity index (χ1) is 9.24. The number of hydrogen-bond donors (Lipinski definition) is 1. The van der Waals surface area contributed by atoms with Crippen LogP contribution in [0.25, 0.3) is 6.08 Å². The summed E-state index contributed by atoms with van der Waals surface area (Å²) >= 11 is 9.33. The summed E-state index contributed by atoms with van der Waals surface area (Å²) in [5.41, 5.74) is 4.88. The molecule has 0 amide bonds. The largest absolute Gasteiger partial charge is 0.278 e. The molecule has 0 bridgehead atoms. The zero-order chi connectivity index (χ0) is 13.5. The van der Waals surface area contributed by atoms with Gasteiger partial charge >= 0.3 is 0 Å². The van der Waals surface area contributed by atoms with E-state index in [0.717, 1.165) is 15.7 Å². The van der Waals surface area contributed by atoms with E-state index >= 15 is 0 Å². The number of rotatable bonds is 4. The Labute approximate surface area is 125 Å². The summed E-state index contributed by atoms with van der Waals surface area (Å²) in [5, 5.41) is 4.81. The highest BCUT2D eigenvalue weighted by molar-refractivity contribution is 9.12. The third-order valence-corrected chi connectivity index (χ3v) is 2.98. The fourth-order valence-corrected chi connectivity index (χ4v) is 2.03. The van der Waals surface area contributed by atoms with Crippen LogP contribution >= 0.6 is 27.5 Å². The Morgan fingerprint density at radius 1 is 1.11 bits per heavy atom. The molecule has 0 radical (unpaired) electrons. The van der Waals surface area contributed by atoms with Crippen molar-refractivity contribution in [1.82, 2.24) is 0 Å². The van der Waals surface area contributed by atoms with Crippen LogP contribution in [0.4, 0.5) is 5.69 Å². The normalized spacial score (nSPS) is 11.8. The number of allylic oxidation sites excluding steroid dienone is 1. The van der Waals surface area contributed by atoms with Gasteiger partial charge in [0.05, 0.1) is 11.9 Å². The molecule has 0 fully saturated rings. The highest BCUT2D eigenvalue weighted by Gasteiger charge is 1.91. The molecule has 0 unspecified atom stereocenters. The van der Waals surface area contributed by atoms with Crippen LogP contribution in [-0.4, -0.2) is 6.21 Å². The Hall–Kier alpha value is -1.58. The Kier molecular flexibility index (Phi) is 5.19. The molecule has 1 N–H and O–H groups in total. The number of nitrogens with zero attached hydrogens (tertiary/aromatic N) is 1. The van der Waals surface area contributed by atoms with E-state index in [2.05, 4.69) is 26.5 Å². The standard InChI is InChI=1S/C15H12BrClN2/c16-13(9-12-5-2-1-3-6-12)11-18-19-15-8-4-7-14(17)10-15/h1-11,19H/b13-9-,18-11-. The maximum atomic E-state index is 5.88. The van der Waals surface area contributed by atoms with Crippen LogP contribution in [0.1, 0.15) is 5.56 Å². The molecule has 96 valence electrons. The molecular weight excluding hydrogens is 324 g/mol. The van der Waals surface area contributed by atoms with Crippen LogP contribution in [0.2, 0.25) is 5.02 Å². The van der Waals surface area contributed by atoms with Gasteiger partial charge in [0.15, 0.2) is 0 Å². The number of benzene rings is 2. The fourth-order valence-electron chi connectivity index (χ4n) is 1.47. The second-order valence-corrected chi connectivity index (χ2v) is 5.17. The first-order valence-corrected chi connectivity index (χ1v) is 6.88. The topological polar surface area (TPSA) is 24.4 Å². The zero-order valence-electron chi connectivity index (χ0n) is 10.1. The quantitative estimate of drug-likeness (QED) is 0.604. The van der Waals surface area contributed by atoms with Gasteiger partial charge in [0, 0.05) is 9.51 Å². The number of halogens is 2. The maximum absolute atomic E-state index is 5.88. The molecule has 0 spiro atoms. The van der Waals surface area contributed by atoms with Crippen molar-refractivity contribution in [2.75, 3.05) is 5.43 Å². The van der Waals surface area contributed by atoms with E-state index < -0.39 is 0 Å². The van der Waals surface area contributed by atoms with E-state index in [0.29, 0.717) is 5.02 Å². The highest BCUT2D eigenvalue weighted by atomic mass is 79.9. The molecule has 2 rings (SSSR count). The van der Waals surface area contributed by atoms with Crippen molar-refractivity contribution >= 4 is 45.5 Å². The van der Waals surface area contributed by atoms with Crippen LogP contribution < -0.4 is 5.43 Å². The molecule has 2 aromatic carbocycles. The summed E-state index contributed by atoms with van der Waals surface area (Å²) in [6.07, 6.45) is 3.69. The fraction of sp³-hybridized carbons (Fsp3) is 0. The van der Waals surface area contributed by atoms with E-state index in [1.165, 1.54) is 0 Å². The number of anilines is 1. The van der Waals surface area contributed by atoms with Crippen molar-refractivity contribution in [3.63, 3.8) is 0 Å². The molecular formula is C15H12BrClN2. The summed E-state index contributed by atoms with van der Waals surface area (Å²) < 4.78 is 0.883. The van der Waals surface area contributed by atoms with Gasteiger partial charge in [0.1, 0.15) is 0 Å². The lowest BCUT2D eigenvalue weighted by Gasteiger charge is -1.99. The van der Waals surface area contributed by atoms with E-state index in [-0.39, 0.29) is 0 Å². The summed E-state index contributed by atoms with van der Waals surface area (Å²) in [4.78, 5) is 0. The third kappa shape index (κ3) is 4.89. The first kappa shape index (κ1) is 13.8. The van der Waals surface area contributed by atoms with E-state index in [1.54, 1.807) is 6.21 Å². The average Bonchev–Trinajstić information content (AvgIpc) is 2.40. The van der Waals surface area contributed by atoms with Gasteiger partial charge in [-0.05, 0) is 45.8 Å². The maximum Gasteiger partial charge on any atom is 0.0614 e. The lowest BCUT2D eigenvalue weighted by Crippen LogP contribution is -1.88. The average molecular weight is 336 g/mol. The number of hydrazone groups is 1. The van der Waals surface area contributed by atoms with Gasteiger partial charge in [-0.1, -0.05) is 48.0 Å². The van der Waals surface area contributed by atoms with Gasteiger partial charge in [0.25, 0.3) is 0 Å². The first-order valence-electron chi connectivity index (χ1n) is 5.71. The van der Waals surface area contributed by atoms with E-state index in [1.807, 2.05) is 60.7 Å². The minimum Gasteiger partial charge on any atom is -0.278 e. The van der Waals surface area contributed by atoms with Gasteiger partial charge in [-0.2, -0.15) is 5.10 Å². The van der Waals surface area contributed by atoms with Crippen molar-refractivity contribution in [3.8, 4) is 0 Å². The SMILES string of the molecule is Clc1cccc(N/N=C\C(Br)=C\c2ccccc2)c1. The Morgan fingerprint density at radius 2 is 1.89 bits per heavy atom. The molecule has 0 aromatic heterocycles. The van der Waals surface area contributed by atoms with Crippen molar-refractivity contribution in [1.29, 1.82) is 0 Å². The molecule has 2 nitrogen and oxygen atoms in total. The molecule has 19 heavy (non-hydrogen) atoms. The minimum atomic E-state index is 0.680. The molecule has 0 aliphatic carbocycles. The molecule has 0 atom stereocenters. The van der Waals surface area contributed by atoms with Crippen molar-refractivity contribution in [3.05, 3.63) is 69.7 Å². The molecule has 2 aromatic rings. The van der Waals surface area contributed by atoms with Crippen LogP contribution in [0.3, 0.4) is 0 Å². The smallest absolute Gasteiger partial charge is 0.0614 e. The van der Waals surface area contributed by atoms with E-state index in [9.17, 15) is 0 Å². The second-order valence-electron chi connectivity index (χ2n) is 3.82. The highest BCUT2D eigenvalue weighted by Crippen LogP contribution is 2.15. The summed E-state index contributed by atoms with van der Waals surface area (Å²) in [6, 6.07) is 17.4. The predicted molar refractivity (Wildman–Crippen MR) is 86.9 cm³/mol. The van der Waals surface area contributed by atoms with Gasteiger partial charge in [-0.15, -0.1) is 0 Å². The minimum absolute atomic E-state index is 0.680. The van der Waals surface area contributed by atoms with Crippen LogP contribution in [-0.2, 0) is 0 Å². The van der Waals surface area contributed by atoms with Crippen molar-refractivity contribution in [2.24, 2.45) is 5.10 Å². The van der Waals surface area contributed by atoms with Gasteiger partial charge in [0.2, 0.25) is 0 Å². The van der Waals surface area contributed by atoms with Gasteiger partial charge < -0.3 is 0 Å². The number of hydrogen-bond acceptors (Lipinski definition) is 2. The van der Waals surface area contributed by atoms with Crippen LogP contribution in [0.5, 0.6) is 0 Å². The van der Waals surface area contributed by atoms with E-state index in [4.69, 9.17) is 11.6 Å². The Bertz CT molecular complexity index is 594. The van der Waals surface area contributed by atoms with Crippen LogP contribution in [0, 0.1) is 0 Å². The Balaban J connectivity index is 1.97. The summed E-state index contributed by atoms with van der Waals surface area (Å²) in [5.74, 6) is 0. The monoisotopic (exact) mass is 334 g/mol.